The number of amides is 1. The molecule has 0 aliphatic carbocycles. The molecule has 0 spiro atoms. The fraction of sp³-hybridized carbons (Fsp3) is 0.571. The Morgan fingerprint density at radius 2 is 2.47 bits per heavy atom. The highest BCUT2D eigenvalue weighted by molar-refractivity contribution is 5.93. The predicted octanol–water partition coefficient (Wildman–Crippen LogP) is 1.76. The molecule has 1 atom stereocenters. The van der Waals surface area contributed by atoms with Crippen molar-refractivity contribution >= 4 is 11.6 Å². The van der Waals surface area contributed by atoms with Crippen LogP contribution in [0.25, 0.3) is 0 Å². The van der Waals surface area contributed by atoms with Crippen molar-refractivity contribution in [2.45, 2.75) is 25.9 Å². The molecule has 2 heterocycles. The Hall–Kier alpha value is -1.62. The summed E-state index contributed by atoms with van der Waals surface area (Å²) in [4.78, 5) is 18.1. The van der Waals surface area contributed by atoms with Crippen LogP contribution in [-0.2, 0) is 4.74 Å². The number of pyridine rings is 1. The van der Waals surface area contributed by atoms with E-state index in [2.05, 4.69) is 10.3 Å². The van der Waals surface area contributed by atoms with Crippen LogP contribution < -0.4 is 5.32 Å². The first-order valence-corrected chi connectivity index (χ1v) is 6.77. The van der Waals surface area contributed by atoms with E-state index in [4.69, 9.17) is 4.74 Å². The quantitative estimate of drug-likeness (QED) is 0.879. The van der Waals surface area contributed by atoms with Gasteiger partial charge in [0.1, 0.15) is 5.69 Å². The average Bonchev–Trinajstić information content (AvgIpc) is 2.91. The summed E-state index contributed by atoms with van der Waals surface area (Å²) >= 11 is 0. The number of hydrogen-bond acceptors (Lipinski definition) is 4. The first kappa shape index (κ1) is 13.8. The average molecular weight is 263 g/mol. The summed E-state index contributed by atoms with van der Waals surface area (Å²) in [5.41, 5.74) is 1.39. The maximum Gasteiger partial charge on any atom is 0.272 e. The molecule has 19 heavy (non-hydrogen) atoms. The zero-order valence-corrected chi connectivity index (χ0v) is 11.6. The number of ether oxygens (including phenoxy) is 1. The maximum atomic E-state index is 12.3. The number of hydrogen-bond donors (Lipinski definition) is 1. The summed E-state index contributed by atoms with van der Waals surface area (Å²) in [6, 6.07) is 3.65. The molecule has 104 valence electrons. The third-order valence-corrected chi connectivity index (χ3v) is 3.21. The molecule has 1 aromatic heterocycles. The van der Waals surface area contributed by atoms with Crippen LogP contribution in [0.5, 0.6) is 0 Å². The Morgan fingerprint density at radius 3 is 3.16 bits per heavy atom. The summed E-state index contributed by atoms with van der Waals surface area (Å²) in [6.45, 7) is 4.28. The monoisotopic (exact) mass is 263 g/mol. The van der Waals surface area contributed by atoms with E-state index in [0.29, 0.717) is 12.2 Å². The lowest BCUT2D eigenvalue weighted by atomic mass is 10.2. The van der Waals surface area contributed by atoms with Crippen LogP contribution >= 0.6 is 0 Å². The van der Waals surface area contributed by atoms with Crippen molar-refractivity contribution in [3.8, 4) is 0 Å². The lowest BCUT2D eigenvalue weighted by Crippen LogP contribution is -2.34. The van der Waals surface area contributed by atoms with E-state index in [1.165, 1.54) is 0 Å². The normalized spacial score (nSPS) is 18.3. The molecule has 1 aromatic rings. The van der Waals surface area contributed by atoms with Crippen LogP contribution in [0.3, 0.4) is 0 Å². The van der Waals surface area contributed by atoms with Gasteiger partial charge in [-0.05, 0) is 31.9 Å². The van der Waals surface area contributed by atoms with Crippen molar-refractivity contribution in [1.29, 1.82) is 0 Å². The van der Waals surface area contributed by atoms with Crippen molar-refractivity contribution in [2.24, 2.45) is 0 Å². The molecule has 1 aliphatic heterocycles. The number of anilines is 1. The molecule has 1 amide bonds. The smallest absolute Gasteiger partial charge is 0.272 e. The van der Waals surface area contributed by atoms with E-state index in [-0.39, 0.29) is 12.0 Å². The highest BCUT2D eigenvalue weighted by Gasteiger charge is 2.21. The second-order valence-corrected chi connectivity index (χ2v) is 4.78. The maximum absolute atomic E-state index is 12.3. The molecular formula is C14H21N3O2. The van der Waals surface area contributed by atoms with Gasteiger partial charge >= 0.3 is 0 Å². The lowest BCUT2D eigenvalue weighted by Gasteiger charge is -2.20. The first-order chi connectivity index (χ1) is 9.20. The number of nitrogens with one attached hydrogen (secondary N) is 1. The van der Waals surface area contributed by atoms with Crippen LogP contribution in [0.15, 0.2) is 18.3 Å². The van der Waals surface area contributed by atoms with Gasteiger partial charge in [-0.1, -0.05) is 0 Å². The van der Waals surface area contributed by atoms with Crippen LogP contribution in [0, 0.1) is 0 Å². The second-order valence-electron chi connectivity index (χ2n) is 4.78. The number of rotatable bonds is 5. The summed E-state index contributed by atoms with van der Waals surface area (Å²) in [5, 5.41) is 3.18. The van der Waals surface area contributed by atoms with Crippen molar-refractivity contribution in [3.05, 3.63) is 24.0 Å². The molecule has 5 heteroatoms. The van der Waals surface area contributed by atoms with Crippen LogP contribution in [0.1, 0.15) is 30.3 Å². The Labute approximate surface area is 114 Å². The van der Waals surface area contributed by atoms with Gasteiger partial charge in [0.2, 0.25) is 0 Å². The van der Waals surface area contributed by atoms with Crippen LogP contribution in [-0.4, -0.2) is 48.6 Å². The van der Waals surface area contributed by atoms with Crippen molar-refractivity contribution in [2.75, 3.05) is 32.1 Å². The Balaban J connectivity index is 1.99. The van der Waals surface area contributed by atoms with Gasteiger partial charge in [0.15, 0.2) is 0 Å². The minimum atomic E-state index is -0.0600. The van der Waals surface area contributed by atoms with Gasteiger partial charge in [-0.25, -0.2) is 0 Å². The minimum absolute atomic E-state index is 0.0600. The van der Waals surface area contributed by atoms with E-state index >= 15 is 0 Å². The van der Waals surface area contributed by atoms with E-state index in [0.717, 1.165) is 31.7 Å². The van der Waals surface area contributed by atoms with E-state index in [1.807, 2.05) is 13.0 Å². The number of carbonyl (C=O) groups is 1. The molecule has 5 nitrogen and oxygen atoms in total. The van der Waals surface area contributed by atoms with Crippen molar-refractivity contribution in [1.82, 2.24) is 9.88 Å². The van der Waals surface area contributed by atoms with Crippen molar-refractivity contribution < 1.29 is 9.53 Å². The van der Waals surface area contributed by atoms with Gasteiger partial charge in [-0.3, -0.25) is 9.78 Å². The zero-order chi connectivity index (χ0) is 13.7. The molecule has 1 saturated heterocycles. The number of aromatic nitrogens is 1. The lowest BCUT2D eigenvalue weighted by molar-refractivity contribution is 0.0583. The van der Waals surface area contributed by atoms with E-state index in [1.54, 1.807) is 24.2 Å². The number of likely N-dealkylation sites (N-methyl/N-ethyl adjacent to an activating group) is 1. The molecule has 2 rings (SSSR count). The minimum Gasteiger partial charge on any atom is -0.385 e. The standard InChI is InChI=1S/C14H21N3O2/c1-3-15-11-6-7-16-13(9-11)14(18)17(2)10-12-5-4-8-19-12/h6-7,9,12H,3-5,8,10H2,1-2H3,(H,15,16). The molecule has 1 unspecified atom stereocenters. The highest BCUT2D eigenvalue weighted by Crippen LogP contribution is 2.14. The first-order valence-electron chi connectivity index (χ1n) is 6.77. The van der Waals surface area contributed by atoms with Gasteiger partial charge in [0.05, 0.1) is 6.10 Å². The molecule has 0 bridgehead atoms. The van der Waals surface area contributed by atoms with Crippen LogP contribution in [0.2, 0.25) is 0 Å². The van der Waals surface area contributed by atoms with Crippen molar-refractivity contribution in [3.63, 3.8) is 0 Å². The molecule has 0 saturated carbocycles. The molecule has 1 N–H and O–H groups in total. The molecule has 0 aromatic carbocycles. The molecule has 1 fully saturated rings. The topological polar surface area (TPSA) is 54.5 Å². The molecule has 1 aliphatic rings. The van der Waals surface area contributed by atoms with Gasteiger partial charge in [-0.2, -0.15) is 0 Å². The van der Waals surface area contributed by atoms with E-state index < -0.39 is 0 Å². The Morgan fingerprint density at radius 1 is 1.63 bits per heavy atom. The Bertz CT molecular complexity index is 430. The number of nitrogens with zero attached hydrogens (tertiary/aromatic N) is 2. The predicted molar refractivity (Wildman–Crippen MR) is 74.3 cm³/mol. The SMILES string of the molecule is CCNc1ccnc(C(=O)N(C)CC2CCCO2)c1. The third kappa shape index (κ3) is 3.67. The zero-order valence-electron chi connectivity index (χ0n) is 11.6. The number of carbonyl (C=O) groups excluding carboxylic acids is 1. The highest BCUT2D eigenvalue weighted by atomic mass is 16.5. The summed E-state index contributed by atoms with van der Waals surface area (Å²) < 4.78 is 5.55. The van der Waals surface area contributed by atoms with Gasteiger partial charge in [0, 0.05) is 38.6 Å². The van der Waals surface area contributed by atoms with Crippen LogP contribution in [0.4, 0.5) is 5.69 Å². The molecule has 0 radical (unpaired) electrons. The second kappa shape index (κ2) is 6.52. The van der Waals surface area contributed by atoms with E-state index in [9.17, 15) is 4.79 Å². The van der Waals surface area contributed by atoms with Gasteiger partial charge < -0.3 is 15.0 Å². The molecular weight excluding hydrogens is 242 g/mol. The summed E-state index contributed by atoms with van der Waals surface area (Å²) in [7, 11) is 1.80. The van der Waals surface area contributed by atoms with Gasteiger partial charge in [0.25, 0.3) is 5.91 Å². The third-order valence-electron chi connectivity index (χ3n) is 3.21. The summed E-state index contributed by atoms with van der Waals surface area (Å²) in [5.74, 6) is -0.0600. The largest absolute Gasteiger partial charge is 0.385 e. The fourth-order valence-electron chi connectivity index (χ4n) is 2.23. The fourth-order valence-corrected chi connectivity index (χ4v) is 2.23. The Kier molecular flexibility index (Phi) is 4.74. The summed E-state index contributed by atoms with van der Waals surface area (Å²) in [6.07, 6.45) is 3.94. The van der Waals surface area contributed by atoms with Gasteiger partial charge in [-0.15, -0.1) is 0 Å².